The summed E-state index contributed by atoms with van der Waals surface area (Å²) in [4.78, 5) is 31.3. The Kier molecular flexibility index (Phi) is 5.73. The number of aliphatic carboxylic acids is 1. The van der Waals surface area contributed by atoms with E-state index in [1.807, 2.05) is 12.1 Å². The number of halogens is 1. The van der Waals surface area contributed by atoms with Gasteiger partial charge in [0.15, 0.2) is 0 Å². The lowest BCUT2D eigenvalue weighted by atomic mass is 9.80. The van der Waals surface area contributed by atoms with Crippen molar-refractivity contribution in [3.05, 3.63) is 68.7 Å². The summed E-state index contributed by atoms with van der Waals surface area (Å²) >= 11 is 6.39. The fourth-order valence-corrected chi connectivity index (χ4v) is 7.05. The summed E-state index contributed by atoms with van der Waals surface area (Å²) in [5, 5.41) is 10.2. The molecule has 6 nitrogen and oxygen atoms in total. The highest BCUT2D eigenvalue weighted by atomic mass is 35.5. The third-order valence-electron chi connectivity index (χ3n) is 8.92. The Labute approximate surface area is 215 Å². The van der Waals surface area contributed by atoms with Gasteiger partial charge in [-0.15, -0.1) is 0 Å². The lowest BCUT2D eigenvalue weighted by Gasteiger charge is -2.40. The van der Waals surface area contributed by atoms with Crippen LogP contribution in [0.15, 0.2) is 41.2 Å². The molecular formula is C29H32ClN3O3. The number of carbonyl (C=O) groups is 1. The van der Waals surface area contributed by atoms with Gasteiger partial charge in [0.2, 0.25) is 0 Å². The topological polar surface area (TPSA) is 75.4 Å². The third-order valence-corrected chi connectivity index (χ3v) is 9.24. The van der Waals surface area contributed by atoms with Crippen molar-refractivity contribution in [2.45, 2.75) is 69.7 Å². The van der Waals surface area contributed by atoms with Crippen LogP contribution in [0.4, 0.5) is 0 Å². The van der Waals surface area contributed by atoms with Gasteiger partial charge in [-0.2, -0.15) is 4.98 Å². The van der Waals surface area contributed by atoms with Crippen molar-refractivity contribution in [1.82, 2.24) is 14.5 Å². The van der Waals surface area contributed by atoms with E-state index in [9.17, 15) is 14.7 Å². The van der Waals surface area contributed by atoms with Gasteiger partial charge in [0.05, 0.1) is 32.9 Å². The number of likely N-dealkylation sites (tertiary alicyclic amines) is 1. The van der Waals surface area contributed by atoms with Gasteiger partial charge < -0.3 is 10.0 Å². The monoisotopic (exact) mass is 505 g/mol. The molecule has 0 spiro atoms. The number of nitrogens with zero attached hydrogens (tertiary/aromatic N) is 3. The predicted octanol–water partition coefficient (Wildman–Crippen LogP) is 5.50. The van der Waals surface area contributed by atoms with E-state index in [1.54, 1.807) is 6.07 Å². The Balaban J connectivity index is 1.25. The number of benzene rings is 2. The molecule has 7 heteroatoms. The Morgan fingerprint density at radius 3 is 2.47 bits per heavy atom. The molecule has 0 amide bonds. The minimum atomic E-state index is -0.634. The minimum Gasteiger partial charge on any atom is -0.481 e. The van der Waals surface area contributed by atoms with E-state index in [-0.39, 0.29) is 16.9 Å². The van der Waals surface area contributed by atoms with Crippen LogP contribution in [0.25, 0.3) is 16.6 Å². The highest BCUT2D eigenvalue weighted by molar-refractivity contribution is 6.35. The van der Waals surface area contributed by atoms with Crippen LogP contribution >= 0.6 is 11.6 Å². The maximum atomic E-state index is 12.9. The lowest BCUT2D eigenvalue weighted by molar-refractivity contribution is -0.143. The van der Waals surface area contributed by atoms with E-state index in [2.05, 4.69) is 46.5 Å². The first-order valence-electron chi connectivity index (χ1n) is 13.1. The smallest absolute Gasteiger partial charge is 0.306 e. The fourth-order valence-electron chi connectivity index (χ4n) is 6.80. The summed E-state index contributed by atoms with van der Waals surface area (Å²) in [6, 6.07) is 12.9. The maximum absolute atomic E-state index is 12.9. The van der Waals surface area contributed by atoms with E-state index in [1.165, 1.54) is 11.1 Å². The van der Waals surface area contributed by atoms with Crippen molar-refractivity contribution >= 4 is 28.5 Å². The van der Waals surface area contributed by atoms with Crippen molar-refractivity contribution in [2.75, 3.05) is 13.1 Å². The molecule has 6 rings (SSSR count). The van der Waals surface area contributed by atoms with Crippen LogP contribution in [0, 0.1) is 5.92 Å². The SMILES string of the molecule is CC1(C)c2cc(C3CCN(C4CCC(C(=O)O)CC4)CC3)ccc2-n2c1nc(=O)c1c(Cl)cccc12. The molecule has 1 saturated carbocycles. The van der Waals surface area contributed by atoms with Gasteiger partial charge in [-0.05, 0) is 101 Å². The van der Waals surface area contributed by atoms with E-state index >= 15 is 0 Å². The second kappa shape index (κ2) is 8.70. The molecule has 1 N–H and O–H groups in total. The molecule has 2 fully saturated rings. The summed E-state index contributed by atoms with van der Waals surface area (Å²) in [5.74, 6) is 0.475. The van der Waals surface area contributed by atoms with Crippen LogP contribution < -0.4 is 5.56 Å². The number of hydrogen-bond donors (Lipinski definition) is 1. The van der Waals surface area contributed by atoms with Gasteiger partial charge in [0, 0.05) is 6.04 Å². The second-order valence-electron chi connectivity index (χ2n) is 11.3. The lowest BCUT2D eigenvalue weighted by Crippen LogP contribution is -2.43. The number of rotatable bonds is 3. The van der Waals surface area contributed by atoms with E-state index in [0.29, 0.717) is 22.4 Å². The van der Waals surface area contributed by atoms with Gasteiger partial charge >= 0.3 is 5.97 Å². The van der Waals surface area contributed by atoms with Crippen molar-refractivity contribution < 1.29 is 9.90 Å². The van der Waals surface area contributed by atoms with Crippen LogP contribution in [0.3, 0.4) is 0 Å². The molecule has 0 atom stereocenters. The fraction of sp³-hybridized carbons (Fsp3) is 0.483. The van der Waals surface area contributed by atoms with Crippen LogP contribution in [-0.4, -0.2) is 44.7 Å². The molecule has 0 bridgehead atoms. The average Bonchev–Trinajstić information content (AvgIpc) is 3.10. The zero-order valence-corrected chi connectivity index (χ0v) is 21.6. The number of hydrogen-bond acceptors (Lipinski definition) is 4. The minimum absolute atomic E-state index is 0.157. The largest absolute Gasteiger partial charge is 0.481 e. The summed E-state index contributed by atoms with van der Waals surface area (Å²) < 4.78 is 2.11. The number of carboxylic acids is 1. The Hall–Kier alpha value is -2.70. The highest BCUT2D eigenvalue weighted by Crippen LogP contribution is 2.45. The first kappa shape index (κ1) is 23.7. The normalized spacial score (nSPS) is 24.0. The summed E-state index contributed by atoms with van der Waals surface area (Å²) in [5.41, 5.74) is 3.79. The van der Waals surface area contributed by atoms with Crippen LogP contribution in [0.1, 0.15) is 75.2 Å². The number of aromatic nitrogens is 2. The molecule has 3 aromatic rings. The molecule has 0 radical (unpaired) electrons. The van der Waals surface area contributed by atoms with Crippen LogP contribution in [0.5, 0.6) is 0 Å². The van der Waals surface area contributed by atoms with Gasteiger partial charge in [0.25, 0.3) is 5.56 Å². The summed E-state index contributed by atoms with van der Waals surface area (Å²) in [6.45, 7) is 6.42. The molecule has 3 aliphatic rings. The van der Waals surface area contributed by atoms with Gasteiger partial charge in [-0.25, -0.2) is 0 Å². The second-order valence-corrected chi connectivity index (χ2v) is 11.7. The molecule has 36 heavy (non-hydrogen) atoms. The van der Waals surface area contributed by atoms with Gasteiger partial charge in [-0.1, -0.05) is 29.8 Å². The standard InChI is InChI=1S/C29H32ClN3O3/c1-29(2)21-16-19(17-12-14-32(15-13-17)20-9-6-18(7-10-20)27(35)36)8-11-23(21)33-24-5-3-4-22(30)25(24)26(34)31-28(29)33/h3-5,8,11,16-18,20H,6-7,9-10,12-15H2,1-2H3,(H,35,36). The van der Waals surface area contributed by atoms with E-state index in [4.69, 9.17) is 11.6 Å². The van der Waals surface area contributed by atoms with E-state index in [0.717, 1.165) is 68.6 Å². The van der Waals surface area contributed by atoms with Crippen molar-refractivity contribution in [3.8, 4) is 5.69 Å². The molecule has 188 valence electrons. The molecule has 1 aliphatic carbocycles. The molecule has 1 saturated heterocycles. The highest BCUT2D eigenvalue weighted by Gasteiger charge is 2.39. The van der Waals surface area contributed by atoms with Crippen LogP contribution in [-0.2, 0) is 10.2 Å². The first-order chi connectivity index (χ1) is 17.3. The molecule has 2 aliphatic heterocycles. The summed E-state index contributed by atoms with van der Waals surface area (Å²) in [6.07, 6.45) is 5.82. The molecule has 0 unspecified atom stereocenters. The van der Waals surface area contributed by atoms with E-state index < -0.39 is 5.97 Å². The molecule has 2 aromatic carbocycles. The average molecular weight is 506 g/mol. The molecular weight excluding hydrogens is 474 g/mol. The van der Waals surface area contributed by atoms with Crippen molar-refractivity contribution in [3.63, 3.8) is 0 Å². The number of fused-ring (bicyclic) bond motifs is 5. The third kappa shape index (κ3) is 3.69. The number of carboxylic acid groups (broad SMARTS) is 1. The Bertz CT molecular complexity index is 1410. The zero-order valence-electron chi connectivity index (χ0n) is 20.8. The van der Waals surface area contributed by atoms with Gasteiger partial charge in [0.1, 0.15) is 5.82 Å². The predicted molar refractivity (Wildman–Crippen MR) is 141 cm³/mol. The first-order valence-corrected chi connectivity index (χ1v) is 13.5. The summed E-state index contributed by atoms with van der Waals surface area (Å²) in [7, 11) is 0. The number of piperidine rings is 1. The Morgan fingerprint density at radius 2 is 1.78 bits per heavy atom. The molecule has 3 heterocycles. The zero-order chi connectivity index (χ0) is 25.2. The van der Waals surface area contributed by atoms with Gasteiger partial charge in [-0.3, -0.25) is 14.2 Å². The quantitative estimate of drug-likeness (QED) is 0.508. The van der Waals surface area contributed by atoms with Crippen molar-refractivity contribution in [1.29, 1.82) is 0 Å². The molecule has 1 aromatic heterocycles. The van der Waals surface area contributed by atoms with Crippen LogP contribution in [0.2, 0.25) is 5.02 Å². The Morgan fingerprint density at radius 1 is 1.06 bits per heavy atom. The van der Waals surface area contributed by atoms with Crippen molar-refractivity contribution in [2.24, 2.45) is 5.92 Å². The maximum Gasteiger partial charge on any atom is 0.306 e.